The molecular formula is C19H23Cl2NO2. The molecule has 1 N–H and O–H groups in total. The summed E-state index contributed by atoms with van der Waals surface area (Å²) >= 11 is 12.5. The molecule has 0 amide bonds. The molecule has 0 radical (unpaired) electrons. The molecule has 24 heavy (non-hydrogen) atoms. The smallest absolute Gasteiger partial charge is 0.156 e. The Kier molecular flexibility index (Phi) is 7.22. The molecule has 0 aromatic heterocycles. The zero-order valence-corrected chi connectivity index (χ0v) is 15.7. The minimum Gasteiger partial charge on any atom is -0.497 e. The maximum atomic E-state index is 6.27. The van der Waals surface area contributed by atoms with Crippen LogP contribution in [0.3, 0.4) is 0 Å². The molecule has 2 aromatic carbocycles. The Bertz CT molecular complexity index is 634. The van der Waals surface area contributed by atoms with Gasteiger partial charge in [0.15, 0.2) is 5.75 Å². The van der Waals surface area contributed by atoms with Gasteiger partial charge >= 0.3 is 0 Å². The number of halogens is 2. The topological polar surface area (TPSA) is 30.5 Å². The quantitative estimate of drug-likeness (QED) is 0.656. The summed E-state index contributed by atoms with van der Waals surface area (Å²) in [5.74, 6) is 1.43. The first kappa shape index (κ1) is 18.9. The highest BCUT2D eigenvalue weighted by atomic mass is 35.5. The Balaban J connectivity index is 1.85. The minimum atomic E-state index is 0.0356. The molecule has 0 aliphatic rings. The predicted molar refractivity (Wildman–Crippen MR) is 101 cm³/mol. The molecule has 0 heterocycles. The lowest BCUT2D eigenvalue weighted by Crippen LogP contribution is -2.16. The maximum absolute atomic E-state index is 6.27. The fraction of sp³-hybridized carbons (Fsp3) is 0.368. The predicted octanol–water partition coefficient (Wildman–Crippen LogP) is 5.12. The number of benzene rings is 2. The zero-order chi connectivity index (χ0) is 17.5. The molecule has 0 unspecified atom stereocenters. The largest absolute Gasteiger partial charge is 0.497 e. The highest BCUT2D eigenvalue weighted by Crippen LogP contribution is 2.34. The third kappa shape index (κ3) is 5.59. The van der Waals surface area contributed by atoms with E-state index in [4.69, 9.17) is 32.7 Å². The average Bonchev–Trinajstić information content (AvgIpc) is 2.55. The van der Waals surface area contributed by atoms with E-state index in [1.165, 1.54) is 5.56 Å². The first-order valence-corrected chi connectivity index (χ1v) is 8.73. The van der Waals surface area contributed by atoms with Crippen LogP contribution in [0.2, 0.25) is 10.0 Å². The van der Waals surface area contributed by atoms with Crippen molar-refractivity contribution in [2.24, 2.45) is 0 Å². The summed E-state index contributed by atoms with van der Waals surface area (Å²) in [5, 5.41) is 4.49. The van der Waals surface area contributed by atoms with Gasteiger partial charge in [0.2, 0.25) is 0 Å². The van der Waals surface area contributed by atoms with Crippen molar-refractivity contribution >= 4 is 23.2 Å². The van der Waals surface area contributed by atoms with E-state index in [9.17, 15) is 0 Å². The number of nitrogens with one attached hydrogen (secondary N) is 1. The number of rotatable bonds is 8. The van der Waals surface area contributed by atoms with Gasteiger partial charge in [-0.25, -0.2) is 0 Å². The Morgan fingerprint density at radius 1 is 1.00 bits per heavy atom. The van der Waals surface area contributed by atoms with E-state index in [-0.39, 0.29) is 6.10 Å². The van der Waals surface area contributed by atoms with Gasteiger partial charge in [-0.2, -0.15) is 0 Å². The zero-order valence-electron chi connectivity index (χ0n) is 14.2. The molecule has 5 heteroatoms. The van der Waals surface area contributed by atoms with E-state index >= 15 is 0 Å². The average molecular weight is 368 g/mol. The maximum Gasteiger partial charge on any atom is 0.156 e. The summed E-state index contributed by atoms with van der Waals surface area (Å²) < 4.78 is 10.8. The normalized spacial score (nSPS) is 10.9. The fourth-order valence-corrected chi connectivity index (χ4v) is 2.94. The Hall–Kier alpha value is -1.42. The Morgan fingerprint density at radius 3 is 2.17 bits per heavy atom. The summed E-state index contributed by atoms with van der Waals surface area (Å²) in [4.78, 5) is 0. The second kappa shape index (κ2) is 9.16. The van der Waals surface area contributed by atoms with Gasteiger partial charge in [-0.15, -0.1) is 0 Å². The van der Waals surface area contributed by atoms with Crippen LogP contribution in [0.4, 0.5) is 0 Å². The standard InChI is InChI=1S/C19H23Cl2NO2/c1-13(2)24-19-17(20)10-15(11-18(19)21)12-22-9-8-14-4-6-16(23-3)7-5-14/h4-7,10-11,13,22H,8-9,12H2,1-3H3. The molecule has 0 aliphatic heterocycles. The fourth-order valence-electron chi connectivity index (χ4n) is 2.32. The van der Waals surface area contributed by atoms with E-state index in [1.807, 2.05) is 38.1 Å². The summed E-state index contributed by atoms with van der Waals surface area (Å²) in [5.41, 5.74) is 2.30. The van der Waals surface area contributed by atoms with E-state index in [0.29, 0.717) is 22.3 Å². The highest BCUT2D eigenvalue weighted by Gasteiger charge is 2.11. The molecule has 3 nitrogen and oxygen atoms in total. The van der Waals surface area contributed by atoms with Gasteiger partial charge in [0.25, 0.3) is 0 Å². The molecule has 0 bridgehead atoms. The molecular weight excluding hydrogens is 345 g/mol. The van der Waals surface area contributed by atoms with E-state index in [2.05, 4.69) is 17.4 Å². The molecule has 0 saturated carbocycles. The van der Waals surface area contributed by atoms with Crippen LogP contribution in [-0.2, 0) is 13.0 Å². The van der Waals surface area contributed by atoms with Crippen molar-refractivity contribution < 1.29 is 9.47 Å². The molecule has 0 saturated heterocycles. The number of hydrogen-bond donors (Lipinski definition) is 1. The van der Waals surface area contributed by atoms with Gasteiger partial charge in [-0.1, -0.05) is 35.3 Å². The van der Waals surface area contributed by atoms with Crippen LogP contribution >= 0.6 is 23.2 Å². The second-order valence-electron chi connectivity index (χ2n) is 5.83. The second-order valence-corrected chi connectivity index (χ2v) is 6.64. The third-order valence-corrected chi connectivity index (χ3v) is 4.05. The molecule has 2 rings (SSSR count). The van der Waals surface area contributed by atoms with Gasteiger partial charge in [0, 0.05) is 6.54 Å². The molecule has 0 fully saturated rings. The van der Waals surface area contributed by atoms with Crippen molar-refractivity contribution in [1.82, 2.24) is 5.32 Å². The van der Waals surface area contributed by atoms with E-state index < -0.39 is 0 Å². The summed E-state index contributed by atoms with van der Waals surface area (Å²) in [6.07, 6.45) is 0.980. The Morgan fingerprint density at radius 2 is 1.62 bits per heavy atom. The van der Waals surface area contributed by atoms with Crippen LogP contribution in [0, 0.1) is 0 Å². The van der Waals surface area contributed by atoms with Crippen LogP contribution < -0.4 is 14.8 Å². The molecule has 0 spiro atoms. The van der Waals surface area contributed by atoms with Crippen molar-refractivity contribution in [1.29, 1.82) is 0 Å². The minimum absolute atomic E-state index is 0.0356. The van der Waals surface area contributed by atoms with E-state index in [0.717, 1.165) is 24.3 Å². The van der Waals surface area contributed by atoms with Crippen molar-refractivity contribution in [3.05, 3.63) is 57.6 Å². The monoisotopic (exact) mass is 367 g/mol. The van der Waals surface area contributed by atoms with Gasteiger partial charge in [-0.05, 0) is 62.2 Å². The van der Waals surface area contributed by atoms with Crippen molar-refractivity contribution in [3.63, 3.8) is 0 Å². The van der Waals surface area contributed by atoms with Gasteiger partial charge in [0.05, 0.1) is 23.3 Å². The van der Waals surface area contributed by atoms with Gasteiger partial charge in [-0.3, -0.25) is 0 Å². The van der Waals surface area contributed by atoms with Crippen molar-refractivity contribution in [2.45, 2.75) is 32.9 Å². The van der Waals surface area contributed by atoms with Crippen LogP contribution in [0.15, 0.2) is 36.4 Å². The molecule has 2 aromatic rings. The number of methoxy groups -OCH3 is 1. The van der Waals surface area contributed by atoms with E-state index in [1.54, 1.807) is 7.11 Å². The first-order chi connectivity index (χ1) is 11.5. The summed E-state index contributed by atoms with van der Waals surface area (Å²) in [6, 6.07) is 11.9. The van der Waals surface area contributed by atoms with Crippen LogP contribution in [0.5, 0.6) is 11.5 Å². The van der Waals surface area contributed by atoms with Crippen LogP contribution in [0.1, 0.15) is 25.0 Å². The van der Waals surface area contributed by atoms with Crippen molar-refractivity contribution in [3.8, 4) is 11.5 Å². The molecule has 0 atom stereocenters. The van der Waals surface area contributed by atoms with Crippen LogP contribution in [-0.4, -0.2) is 19.8 Å². The lowest BCUT2D eigenvalue weighted by atomic mass is 10.1. The first-order valence-electron chi connectivity index (χ1n) is 7.98. The van der Waals surface area contributed by atoms with Crippen molar-refractivity contribution in [2.75, 3.05) is 13.7 Å². The highest BCUT2D eigenvalue weighted by molar-refractivity contribution is 6.37. The molecule has 0 aliphatic carbocycles. The summed E-state index contributed by atoms with van der Waals surface area (Å²) in [6.45, 7) is 5.46. The third-order valence-electron chi connectivity index (χ3n) is 3.49. The number of ether oxygens (including phenoxy) is 2. The van der Waals surface area contributed by atoms with Gasteiger partial charge < -0.3 is 14.8 Å². The SMILES string of the molecule is COc1ccc(CCNCc2cc(Cl)c(OC(C)C)c(Cl)c2)cc1. The summed E-state index contributed by atoms with van der Waals surface area (Å²) in [7, 11) is 1.67. The van der Waals surface area contributed by atoms with Gasteiger partial charge in [0.1, 0.15) is 5.75 Å². The lowest BCUT2D eigenvalue weighted by molar-refractivity contribution is 0.242. The Labute approximate surface area is 153 Å². The van der Waals surface area contributed by atoms with Crippen LogP contribution in [0.25, 0.3) is 0 Å². The number of hydrogen-bond acceptors (Lipinski definition) is 3. The molecule has 130 valence electrons. The lowest BCUT2D eigenvalue weighted by Gasteiger charge is -2.14.